The molecule has 62 heavy (non-hydrogen) atoms. The molecule has 0 spiro atoms. The summed E-state index contributed by atoms with van der Waals surface area (Å²) in [7, 11) is 0. The van der Waals surface area contributed by atoms with E-state index in [0.717, 1.165) is 0 Å². The summed E-state index contributed by atoms with van der Waals surface area (Å²) in [6.45, 7) is 11.7. The fourth-order valence-corrected chi connectivity index (χ4v) is 7.08. The Kier molecular flexibility index (Phi) is 20.3. The number of nitrogens with two attached hydrogens (primary N) is 1. The van der Waals surface area contributed by atoms with E-state index in [1.54, 1.807) is 20.8 Å². The van der Waals surface area contributed by atoms with Gasteiger partial charge < -0.3 is 109 Å². The first-order valence-electron chi connectivity index (χ1n) is 21.1. The lowest BCUT2D eigenvalue weighted by Crippen LogP contribution is -2.57. The molecule has 3 fully saturated rings. The van der Waals surface area contributed by atoms with Crippen molar-refractivity contribution in [3.8, 4) is 0 Å². The van der Waals surface area contributed by atoms with Gasteiger partial charge in [-0.3, -0.25) is 0 Å². The minimum Gasteiger partial charge on any atom is -0.394 e. The predicted molar refractivity (Wildman–Crippen MR) is 216 cm³/mol. The summed E-state index contributed by atoms with van der Waals surface area (Å²) in [6.07, 6.45) is -15.9. The molecule has 0 saturated carbocycles. The smallest absolute Gasteiger partial charge is 0.222 e. The highest BCUT2D eigenvalue weighted by atomic mass is 16.8. The number of aliphatic hydroxyl groups excluding tert-OH is 10. The maximum absolute atomic E-state index is 11.7. The van der Waals surface area contributed by atoms with Gasteiger partial charge in [0, 0.05) is 13.1 Å². The third kappa shape index (κ3) is 14.6. The molecule has 0 aromatic carbocycles. The molecule has 0 aromatic heterocycles. The van der Waals surface area contributed by atoms with Crippen molar-refractivity contribution in [3.63, 3.8) is 0 Å². The SMILES string of the molecule is CC(C)(C)COCC1OC(CO)(OCC2OC(COC3(CO)OC(COCC(C)(C)C)C(O)C3O)(OCC(CO)OC(CO)(CNCCN)OC(C)(C)C)C(O)C2O)C(O)C1O. The predicted octanol–water partition coefficient (Wildman–Crippen LogP) is -3.97. The summed E-state index contributed by atoms with van der Waals surface area (Å²) in [6, 6.07) is 0. The van der Waals surface area contributed by atoms with Crippen LogP contribution in [-0.2, 0) is 47.4 Å². The Hall–Kier alpha value is -0.880. The van der Waals surface area contributed by atoms with E-state index in [2.05, 4.69) is 5.32 Å². The molecule has 3 saturated heterocycles. The van der Waals surface area contributed by atoms with E-state index in [-0.39, 0.29) is 50.3 Å². The van der Waals surface area contributed by atoms with Crippen LogP contribution in [-0.4, -0.2) is 233 Å². The summed E-state index contributed by atoms with van der Waals surface area (Å²) in [4.78, 5) is 0. The summed E-state index contributed by atoms with van der Waals surface area (Å²) in [5, 5.41) is 112. The van der Waals surface area contributed by atoms with E-state index >= 15 is 0 Å². The van der Waals surface area contributed by atoms with Crippen LogP contribution in [0.4, 0.5) is 0 Å². The van der Waals surface area contributed by atoms with Crippen molar-refractivity contribution in [1.82, 2.24) is 5.32 Å². The lowest BCUT2D eigenvalue weighted by atomic mass is 9.98. The zero-order chi connectivity index (χ0) is 47.0. The number of nitrogens with one attached hydrogen (secondary N) is 1. The Morgan fingerprint density at radius 2 is 1.08 bits per heavy atom. The van der Waals surface area contributed by atoms with Crippen molar-refractivity contribution >= 4 is 0 Å². The third-order valence-electron chi connectivity index (χ3n) is 10.1. The number of ether oxygens (including phenoxy) is 10. The van der Waals surface area contributed by atoms with Crippen molar-refractivity contribution in [3.05, 3.63) is 0 Å². The van der Waals surface area contributed by atoms with Gasteiger partial charge in [-0.1, -0.05) is 41.5 Å². The number of hydrogen-bond donors (Lipinski definition) is 12. The van der Waals surface area contributed by atoms with Crippen molar-refractivity contribution in [2.45, 2.75) is 152 Å². The summed E-state index contributed by atoms with van der Waals surface area (Å²) < 4.78 is 59.3. The van der Waals surface area contributed by atoms with Gasteiger partial charge in [-0.2, -0.15) is 0 Å². The van der Waals surface area contributed by atoms with E-state index in [4.69, 9.17) is 53.1 Å². The van der Waals surface area contributed by atoms with Gasteiger partial charge in [0.05, 0.1) is 65.0 Å². The van der Waals surface area contributed by atoms with Crippen molar-refractivity contribution in [2.24, 2.45) is 16.6 Å². The van der Waals surface area contributed by atoms with Gasteiger partial charge in [0.2, 0.25) is 23.1 Å². The van der Waals surface area contributed by atoms with E-state index in [1.807, 2.05) is 41.5 Å². The molecule has 3 rings (SSSR count). The number of aliphatic hydroxyl groups is 10. The second-order valence-electron chi connectivity index (χ2n) is 19.8. The van der Waals surface area contributed by atoms with Gasteiger partial charge in [-0.15, -0.1) is 0 Å². The lowest BCUT2D eigenvalue weighted by Gasteiger charge is -2.41. The van der Waals surface area contributed by atoms with E-state index < -0.39 is 136 Å². The van der Waals surface area contributed by atoms with Crippen LogP contribution in [0.1, 0.15) is 62.3 Å². The molecule has 13 N–H and O–H groups in total. The zero-order valence-corrected chi connectivity index (χ0v) is 37.8. The Labute approximate surface area is 364 Å². The highest BCUT2D eigenvalue weighted by molar-refractivity contribution is 5.02. The van der Waals surface area contributed by atoms with Crippen molar-refractivity contribution in [2.75, 3.05) is 92.3 Å². The van der Waals surface area contributed by atoms with Gasteiger partial charge in [0.25, 0.3) is 0 Å². The maximum atomic E-state index is 11.7. The zero-order valence-electron chi connectivity index (χ0n) is 37.8. The van der Waals surface area contributed by atoms with Crippen molar-refractivity contribution < 1.29 is 98.4 Å². The maximum Gasteiger partial charge on any atom is 0.222 e. The van der Waals surface area contributed by atoms with Gasteiger partial charge in [0.1, 0.15) is 80.9 Å². The first-order valence-corrected chi connectivity index (χ1v) is 21.1. The standard InChI is InChI=1S/C40H78N2O20/c1-34(2,3)21-53-14-25-28(47)31(50)38(19-45,59-25)56-16-27-30(49)33(52)40(61-27,23-57-39(20-46)32(51)29(48)26(60-39)15-54-22-35(4,5)6)55-13-24(12-43)58-37(18-44,17-42-11-10-41)62-36(7,8)9/h24-33,42-52H,10-23,41H2,1-9H3. The quantitative estimate of drug-likeness (QED) is 0.0291. The third-order valence-corrected chi connectivity index (χ3v) is 10.1. The Bertz CT molecular complexity index is 1320. The van der Waals surface area contributed by atoms with Crippen molar-refractivity contribution in [1.29, 1.82) is 0 Å². The largest absolute Gasteiger partial charge is 0.394 e. The molecule has 3 aliphatic heterocycles. The monoisotopic (exact) mass is 907 g/mol. The molecule has 22 heteroatoms. The molecule has 22 nitrogen and oxygen atoms in total. The molecular formula is C40H78N2O20. The lowest BCUT2D eigenvalue weighted by molar-refractivity contribution is -0.355. The fraction of sp³-hybridized carbons (Fsp3) is 1.00. The Morgan fingerprint density at radius 3 is 1.50 bits per heavy atom. The second-order valence-corrected chi connectivity index (χ2v) is 19.8. The normalized spacial score (nSPS) is 36.1. The van der Waals surface area contributed by atoms with Crippen LogP contribution >= 0.6 is 0 Å². The molecule has 0 aliphatic carbocycles. The van der Waals surface area contributed by atoms with Crippen LogP contribution in [0.25, 0.3) is 0 Å². The molecule has 14 unspecified atom stereocenters. The second kappa shape index (κ2) is 22.7. The highest BCUT2D eigenvalue weighted by Crippen LogP contribution is 2.40. The number of rotatable bonds is 26. The van der Waals surface area contributed by atoms with Gasteiger partial charge in [-0.25, -0.2) is 0 Å². The molecule has 0 bridgehead atoms. The summed E-state index contributed by atoms with van der Waals surface area (Å²) >= 11 is 0. The Morgan fingerprint density at radius 1 is 0.629 bits per heavy atom. The molecular weight excluding hydrogens is 828 g/mol. The Balaban J connectivity index is 1.92. The first-order chi connectivity index (χ1) is 28.7. The molecule has 0 radical (unpaired) electrons. The molecule has 0 amide bonds. The van der Waals surface area contributed by atoms with Crippen LogP contribution in [0, 0.1) is 10.8 Å². The first kappa shape index (κ1) is 55.4. The average Bonchev–Trinajstić information content (AvgIpc) is 3.68. The van der Waals surface area contributed by atoms with Gasteiger partial charge >= 0.3 is 0 Å². The van der Waals surface area contributed by atoms with Crippen LogP contribution < -0.4 is 11.1 Å². The average molecular weight is 907 g/mol. The molecule has 368 valence electrons. The molecule has 3 heterocycles. The van der Waals surface area contributed by atoms with Crippen LogP contribution in [0.2, 0.25) is 0 Å². The minimum atomic E-state index is -2.46. The topological polar surface area (TPSA) is 333 Å². The van der Waals surface area contributed by atoms with Gasteiger partial charge in [-0.05, 0) is 31.6 Å². The van der Waals surface area contributed by atoms with E-state index in [0.29, 0.717) is 6.54 Å². The highest BCUT2D eigenvalue weighted by Gasteiger charge is 2.62. The summed E-state index contributed by atoms with van der Waals surface area (Å²) in [5.41, 5.74) is 4.30. The molecule has 14 atom stereocenters. The summed E-state index contributed by atoms with van der Waals surface area (Å²) in [5.74, 6) is -8.80. The van der Waals surface area contributed by atoms with E-state index in [1.165, 1.54) is 0 Å². The van der Waals surface area contributed by atoms with E-state index in [9.17, 15) is 51.1 Å². The molecule has 0 aromatic rings. The van der Waals surface area contributed by atoms with Crippen LogP contribution in [0.5, 0.6) is 0 Å². The van der Waals surface area contributed by atoms with Crippen LogP contribution in [0.15, 0.2) is 0 Å². The minimum absolute atomic E-state index is 0.0873. The van der Waals surface area contributed by atoms with Crippen LogP contribution in [0.3, 0.4) is 0 Å². The van der Waals surface area contributed by atoms with Gasteiger partial charge in [0.15, 0.2) is 0 Å². The number of hydrogen-bond acceptors (Lipinski definition) is 22. The fourth-order valence-electron chi connectivity index (χ4n) is 7.08. The molecule has 3 aliphatic rings.